The second-order valence-electron chi connectivity index (χ2n) is 3.58. The monoisotopic (exact) mass is 171 g/mol. The smallest absolute Gasteiger partial charge is 0.274 e. The van der Waals surface area contributed by atoms with Crippen molar-refractivity contribution in [2.75, 3.05) is 19.6 Å². The molecule has 0 aliphatic carbocycles. The number of fused-ring (bicyclic) bond motifs is 1. The molecule has 2 unspecified atom stereocenters. The molecule has 4 heteroatoms. The van der Waals surface area contributed by atoms with E-state index in [4.69, 9.17) is 4.84 Å². The molecule has 0 bridgehead atoms. The summed E-state index contributed by atoms with van der Waals surface area (Å²) in [5.41, 5.74) is 0. The van der Waals surface area contributed by atoms with Gasteiger partial charge in [-0.05, 0) is 0 Å². The fraction of sp³-hybridized carbons (Fsp3) is 0.875. The van der Waals surface area contributed by atoms with Gasteiger partial charge in [0.05, 0.1) is 6.54 Å². The summed E-state index contributed by atoms with van der Waals surface area (Å²) in [6, 6.07) is 0. The first kappa shape index (κ1) is 8.01. The number of hydrogen-bond acceptors (Lipinski definition) is 2. The van der Waals surface area contributed by atoms with E-state index in [1.54, 1.807) is 6.92 Å². The Morgan fingerprint density at radius 2 is 2.58 bits per heavy atom. The Balaban J connectivity index is 1.71. The summed E-state index contributed by atoms with van der Waals surface area (Å²) in [7, 11) is 0. The van der Waals surface area contributed by atoms with E-state index in [-0.39, 0.29) is 5.91 Å². The maximum atomic E-state index is 10.6. The van der Waals surface area contributed by atoms with E-state index in [0.717, 1.165) is 24.3 Å². The van der Waals surface area contributed by atoms with Crippen LogP contribution in [-0.2, 0) is 9.63 Å². The summed E-state index contributed by atoms with van der Waals surface area (Å²) >= 11 is 0. The van der Waals surface area contributed by atoms with E-state index >= 15 is 0 Å². The number of nitrogens with zero attached hydrogens (tertiary/aromatic N) is 1. The molecule has 4 nitrogen and oxygen atoms in total. The van der Waals surface area contributed by atoms with Crippen molar-refractivity contribution in [3.63, 3.8) is 0 Å². The van der Waals surface area contributed by atoms with Crippen LogP contribution in [0.15, 0.2) is 0 Å². The van der Waals surface area contributed by atoms with Crippen molar-refractivity contribution in [1.82, 2.24) is 5.32 Å². The molecule has 2 atom stereocenters. The summed E-state index contributed by atoms with van der Waals surface area (Å²) < 4.78 is 0.806. The van der Waals surface area contributed by atoms with Crippen LogP contribution >= 0.6 is 0 Å². The van der Waals surface area contributed by atoms with E-state index in [0.29, 0.717) is 6.23 Å². The number of amides is 1. The summed E-state index contributed by atoms with van der Waals surface area (Å²) in [4.78, 5) is 16.1. The number of nitrogens with one attached hydrogen (secondary N) is 1. The number of carbonyl (C=O) groups is 1. The molecule has 2 heterocycles. The summed E-state index contributed by atoms with van der Waals surface area (Å²) in [5, 5.41) is 2.79. The molecular formula is C8H15N2O2+. The lowest BCUT2D eigenvalue weighted by atomic mass is 10.4. The van der Waals surface area contributed by atoms with Crippen LogP contribution < -0.4 is 5.32 Å². The fourth-order valence-electron chi connectivity index (χ4n) is 1.96. The Hall–Kier alpha value is -0.610. The lowest BCUT2D eigenvalue weighted by Crippen LogP contribution is -2.35. The molecule has 0 aromatic rings. The SMILES string of the molecule is CC(=O)NCC[N+]12CCCC1O2. The van der Waals surface area contributed by atoms with Gasteiger partial charge < -0.3 is 5.32 Å². The molecule has 1 N–H and O–H groups in total. The number of hydrogen-bond donors (Lipinski definition) is 1. The molecule has 2 aliphatic heterocycles. The van der Waals surface area contributed by atoms with Crippen molar-refractivity contribution in [3.8, 4) is 0 Å². The number of carbonyl (C=O) groups excluding carboxylic acids is 1. The minimum Gasteiger partial charge on any atom is -0.351 e. The molecule has 2 aliphatic rings. The van der Waals surface area contributed by atoms with Crippen molar-refractivity contribution in [2.45, 2.75) is 26.0 Å². The third-order valence-electron chi connectivity index (χ3n) is 2.66. The second kappa shape index (κ2) is 2.71. The first-order chi connectivity index (χ1) is 5.73. The lowest BCUT2D eigenvalue weighted by Gasteiger charge is -2.08. The Morgan fingerprint density at radius 3 is 3.08 bits per heavy atom. The van der Waals surface area contributed by atoms with Crippen LogP contribution in [0.2, 0.25) is 0 Å². The quantitative estimate of drug-likeness (QED) is 0.480. The van der Waals surface area contributed by atoms with Crippen LogP contribution in [0, 0.1) is 0 Å². The predicted molar refractivity (Wildman–Crippen MR) is 42.8 cm³/mol. The van der Waals surface area contributed by atoms with E-state index in [9.17, 15) is 4.79 Å². The number of rotatable bonds is 3. The highest BCUT2D eigenvalue weighted by molar-refractivity contribution is 5.72. The maximum Gasteiger partial charge on any atom is 0.274 e. The zero-order chi connectivity index (χ0) is 8.60. The van der Waals surface area contributed by atoms with Crippen molar-refractivity contribution in [3.05, 3.63) is 0 Å². The van der Waals surface area contributed by atoms with E-state index in [1.165, 1.54) is 12.8 Å². The zero-order valence-electron chi connectivity index (χ0n) is 7.38. The molecule has 0 aromatic carbocycles. The molecule has 0 aromatic heterocycles. The van der Waals surface area contributed by atoms with Crippen LogP contribution in [0.1, 0.15) is 19.8 Å². The average molecular weight is 171 g/mol. The highest BCUT2D eigenvalue weighted by Gasteiger charge is 2.61. The summed E-state index contributed by atoms with van der Waals surface area (Å²) in [6.45, 7) is 4.35. The van der Waals surface area contributed by atoms with Gasteiger partial charge in [-0.2, -0.15) is 0 Å². The molecule has 2 saturated heterocycles. The third kappa shape index (κ3) is 1.32. The number of hydroxylamine groups is 3. The Bertz CT molecular complexity index is 207. The molecule has 2 fully saturated rings. The van der Waals surface area contributed by atoms with Crippen molar-refractivity contribution in [2.24, 2.45) is 0 Å². The highest BCUT2D eigenvalue weighted by atomic mass is 16.9. The normalized spacial score (nSPS) is 37.6. The minimum atomic E-state index is 0.0470. The van der Waals surface area contributed by atoms with Gasteiger partial charge in [0, 0.05) is 19.8 Å². The summed E-state index contributed by atoms with van der Waals surface area (Å²) in [5.74, 6) is 0.0470. The minimum absolute atomic E-state index is 0.0470. The molecule has 0 spiro atoms. The van der Waals surface area contributed by atoms with Crippen molar-refractivity contribution in [1.29, 1.82) is 0 Å². The van der Waals surface area contributed by atoms with Crippen LogP contribution in [0.4, 0.5) is 0 Å². The van der Waals surface area contributed by atoms with Gasteiger partial charge in [-0.15, -0.1) is 9.48 Å². The van der Waals surface area contributed by atoms with Gasteiger partial charge in [0.25, 0.3) is 6.23 Å². The van der Waals surface area contributed by atoms with Gasteiger partial charge in [-0.25, -0.2) is 0 Å². The van der Waals surface area contributed by atoms with E-state index in [2.05, 4.69) is 5.32 Å². The van der Waals surface area contributed by atoms with Gasteiger partial charge in [0.15, 0.2) is 0 Å². The molecule has 1 amide bonds. The fourth-order valence-corrected chi connectivity index (χ4v) is 1.96. The Kier molecular flexibility index (Phi) is 1.81. The topological polar surface area (TPSA) is 41.6 Å². The molecule has 0 radical (unpaired) electrons. The standard InChI is InChI=1S/C8H14N2O2/c1-7(11)9-4-6-10-5-2-3-8(10)12-10/h8H,2-6H2,1H3/p+1. The second-order valence-corrected chi connectivity index (χ2v) is 3.58. The third-order valence-corrected chi connectivity index (χ3v) is 2.66. The van der Waals surface area contributed by atoms with E-state index in [1.807, 2.05) is 0 Å². The molecule has 68 valence electrons. The largest absolute Gasteiger partial charge is 0.351 e. The van der Waals surface area contributed by atoms with E-state index < -0.39 is 0 Å². The van der Waals surface area contributed by atoms with Gasteiger partial charge in [-0.1, -0.05) is 0 Å². The highest BCUT2D eigenvalue weighted by Crippen LogP contribution is 2.42. The predicted octanol–water partition coefficient (Wildman–Crippen LogP) is 0.00440. The van der Waals surface area contributed by atoms with Crippen LogP contribution in [0.3, 0.4) is 0 Å². The summed E-state index contributed by atoms with van der Waals surface area (Å²) in [6.07, 6.45) is 2.92. The molecule has 2 rings (SSSR count). The maximum absolute atomic E-state index is 10.6. The van der Waals surface area contributed by atoms with Gasteiger partial charge in [0.1, 0.15) is 13.1 Å². The van der Waals surface area contributed by atoms with Crippen LogP contribution in [-0.4, -0.2) is 36.4 Å². The molecular weight excluding hydrogens is 156 g/mol. The first-order valence-corrected chi connectivity index (χ1v) is 4.52. The van der Waals surface area contributed by atoms with Gasteiger partial charge in [-0.3, -0.25) is 4.79 Å². The number of quaternary nitrogens is 1. The zero-order valence-corrected chi connectivity index (χ0v) is 7.38. The Labute approximate surface area is 72.0 Å². The lowest BCUT2D eigenvalue weighted by molar-refractivity contribution is -0.914. The molecule has 0 saturated carbocycles. The van der Waals surface area contributed by atoms with Crippen LogP contribution in [0.5, 0.6) is 0 Å². The van der Waals surface area contributed by atoms with Crippen molar-refractivity contribution >= 4 is 5.91 Å². The van der Waals surface area contributed by atoms with Gasteiger partial charge >= 0.3 is 0 Å². The Morgan fingerprint density at radius 1 is 1.75 bits per heavy atom. The van der Waals surface area contributed by atoms with Crippen molar-refractivity contribution < 1.29 is 14.3 Å². The van der Waals surface area contributed by atoms with Gasteiger partial charge in [0.2, 0.25) is 5.91 Å². The molecule has 12 heavy (non-hydrogen) atoms. The van der Waals surface area contributed by atoms with Crippen LogP contribution in [0.25, 0.3) is 0 Å². The average Bonchev–Trinajstić information content (AvgIpc) is 2.53. The first-order valence-electron chi connectivity index (χ1n) is 4.52.